The van der Waals surface area contributed by atoms with Gasteiger partial charge in [0.15, 0.2) is 0 Å². The number of hydrogen-bond acceptors (Lipinski definition) is 2. The van der Waals surface area contributed by atoms with Gasteiger partial charge in [0.2, 0.25) is 0 Å². The van der Waals surface area contributed by atoms with Crippen molar-refractivity contribution in [3.63, 3.8) is 0 Å². The summed E-state index contributed by atoms with van der Waals surface area (Å²) in [5.74, 6) is 1.63. The van der Waals surface area contributed by atoms with E-state index in [0.717, 1.165) is 12.8 Å². The molecule has 0 bridgehead atoms. The topological polar surface area (TPSA) is 26.3 Å². The smallest absolute Gasteiger partial charge is 0.306 e. The number of hydrogen-bond donors (Lipinski definition) is 0. The summed E-state index contributed by atoms with van der Waals surface area (Å²) in [6.45, 7) is 9.45. The van der Waals surface area contributed by atoms with Crippen LogP contribution >= 0.6 is 0 Å². The largest absolute Gasteiger partial charge is 0.462 e. The zero-order valence-corrected chi connectivity index (χ0v) is 14.3. The van der Waals surface area contributed by atoms with Crippen LogP contribution < -0.4 is 0 Å². The zero-order chi connectivity index (χ0) is 15.7. The summed E-state index contributed by atoms with van der Waals surface area (Å²) in [6.07, 6.45) is 10.2. The molecule has 0 amide bonds. The standard InChI is InChI=1S/C20H28O2/c1-12-6-5-9-19(3)14(12)10-17-20(4)15(11-18(21)22-17)13(2)7-8-16(19)20/h6-7,14-17H,5,8-11H2,1-4H3/t14-,15-,16+,17+,19-,20-/m0/s1. The number of rotatable bonds is 0. The Bertz CT molecular complexity index is 587. The van der Waals surface area contributed by atoms with Crippen molar-refractivity contribution in [3.05, 3.63) is 23.3 Å². The lowest BCUT2D eigenvalue weighted by Gasteiger charge is -2.65. The summed E-state index contributed by atoms with van der Waals surface area (Å²) < 4.78 is 5.93. The van der Waals surface area contributed by atoms with Crippen LogP contribution in [0.5, 0.6) is 0 Å². The normalized spacial score (nSPS) is 50.3. The maximum Gasteiger partial charge on any atom is 0.306 e. The molecule has 2 heteroatoms. The Morgan fingerprint density at radius 2 is 1.86 bits per heavy atom. The van der Waals surface area contributed by atoms with Gasteiger partial charge in [-0.25, -0.2) is 0 Å². The second kappa shape index (κ2) is 4.49. The minimum absolute atomic E-state index is 0.0157. The first-order valence-electron chi connectivity index (χ1n) is 8.90. The van der Waals surface area contributed by atoms with Gasteiger partial charge < -0.3 is 4.74 Å². The van der Waals surface area contributed by atoms with Gasteiger partial charge >= 0.3 is 5.97 Å². The molecule has 6 atom stereocenters. The Balaban J connectivity index is 1.86. The first-order chi connectivity index (χ1) is 10.4. The van der Waals surface area contributed by atoms with Gasteiger partial charge in [-0.2, -0.15) is 0 Å². The summed E-state index contributed by atoms with van der Waals surface area (Å²) in [7, 11) is 0. The van der Waals surface area contributed by atoms with Crippen LogP contribution in [-0.2, 0) is 9.53 Å². The Kier molecular flexibility index (Phi) is 2.97. The minimum Gasteiger partial charge on any atom is -0.462 e. The molecule has 22 heavy (non-hydrogen) atoms. The lowest BCUT2D eigenvalue weighted by Crippen LogP contribution is -2.63. The Morgan fingerprint density at radius 1 is 1.14 bits per heavy atom. The third-order valence-corrected chi connectivity index (χ3v) is 7.81. The van der Waals surface area contributed by atoms with Gasteiger partial charge in [0.05, 0.1) is 6.42 Å². The average Bonchev–Trinajstić information content (AvgIpc) is 2.44. The molecule has 2 fully saturated rings. The number of ether oxygens (including phenoxy) is 1. The molecule has 2 nitrogen and oxygen atoms in total. The molecule has 0 aromatic rings. The number of esters is 1. The number of carbonyl (C=O) groups is 1. The van der Waals surface area contributed by atoms with E-state index >= 15 is 0 Å². The Morgan fingerprint density at radius 3 is 2.64 bits per heavy atom. The first-order valence-corrected chi connectivity index (χ1v) is 8.90. The van der Waals surface area contributed by atoms with Crippen LogP contribution in [0.1, 0.15) is 59.8 Å². The number of carbonyl (C=O) groups excluding carboxylic acids is 1. The molecule has 1 heterocycles. The van der Waals surface area contributed by atoms with Crippen LogP contribution in [0.4, 0.5) is 0 Å². The highest BCUT2D eigenvalue weighted by atomic mass is 16.5. The van der Waals surface area contributed by atoms with Crippen LogP contribution in [-0.4, -0.2) is 12.1 Å². The maximum absolute atomic E-state index is 12.2. The maximum atomic E-state index is 12.2. The molecule has 0 aromatic carbocycles. The van der Waals surface area contributed by atoms with E-state index in [-0.39, 0.29) is 17.5 Å². The fourth-order valence-electron chi connectivity index (χ4n) is 6.58. The highest BCUT2D eigenvalue weighted by Crippen LogP contribution is 2.67. The van der Waals surface area contributed by atoms with Crippen molar-refractivity contribution in [1.29, 1.82) is 0 Å². The Labute approximate surface area is 134 Å². The molecule has 4 rings (SSSR count). The summed E-state index contributed by atoms with van der Waals surface area (Å²) in [6, 6.07) is 0. The molecule has 1 saturated heterocycles. The summed E-state index contributed by atoms with van der Waals surface area (Å²) in [5, 5.41) is 0. The highest BCUT2D eigenvalue weighted by molar-refractivity contribution is 5.72. The van der Waals surface area contributed by atoms with Crippen molar-refractivity contribution in [2.75, 3.05) is 0 Å². The lowest BCUT2D eigenvalue weighted by molar-refractivity contribution is -0.211. The first kappa shape index (κ1) is 14.5. The molecule has 3 aliphatic carbocycles. The average molecular weight is 300 g/mol. The van der Waals surface area contributed by atoms with E-state index in [1.807, 2.05) is 0 Å². The predicted octanol–water partition coefficient (Wildman–Crippen LogP) is 4.66. The molecule has 0 aromatic heterocycles. The van der Waals surface area contributed by atoms with Crippen molar-refractivity contribution >= 4 is 5.97 Å². The van der Waals surface area contributed by atoms with Gasteiger partial charge in [-0.1, -0.05) is 37.1 Å². The van der Waals surface area contributed by atoms with E-state index in [1.165, 1.54) is 24.0 Å². The van der Waals surface area contributed by atoms with Crippen molar-refractivity contribution in [1.82, 2.24) is 0 Å². The van der Waals surface area contributed by atoms with E-state index in [4.69, 9.17) is 4.74 Å². The number of fused-ring (bicyclic) bond motifs is 2. The van der Waals surface area contributed by atoms with Gasteiger partial charge in [0.25, 0.3) is 0 Å². The molecule has 0 spiro atoms. The molecular weight excluding hydrogens is 272 g/mol. The summed E-state index contributed by atoms with van der Waals surface area (Å²) in [4.78, 5) is 12.2. The minimum atomic E-state index is 0.0157. The van der Waals surface area contributed by atoms with E-state index in [1.54, 1.807) is 0 Å². The van der Waals surface area contributed by atoms with E-state index in [0.29, 0.717) is 29.6 Å². The van der Waals surface area contributed by atoms with Gasteiger partial charge in [-0.3, -0.25) is 4.79 Å². The quantitative estimate of drug-likeness (QED) is 0.480. The van der Waals surface area contributed by atoms with Crippen LogP contribution in [0.3, 0.4) is 0 Å². The fraction of sp³-hybridized carbons (Fsp3) is 0.750. The fourth-order valence-corrected chi connectivity index (χ4v) is 6.58. The molecular formula is C20H28O2. The van der Waals surface area contributed by atoms with Gasteiger partial charge in [0.1, 0.15) is 6.10 Å². The highest BCUT2D eigenvalue weighted by Gasteiger charge is 2.64. The van der Waals surface area contributed by atoms with Crippen LogP contribution in [0.2, 0.25) is 0 Å². The van der Waals surface area contributed by atoms with Crippen LogP contribution in [0, 0.1) is 28.6 Å². The third kappa shape index (κ3) is 1.64. The van der Waals surface area contributed by atoms with Crippen LogP contribution in [0.15, 0.2) is 23.3 Å². The van der Waals surface area contributed by atoms with Crippen molar-refractivity contribution in [2.24, 2.45) is 28.6 Å². The molecule has 120 valence electrons. The Hall–Kier alpha value is -1.05. The van der Waals surface area contributed by atoms with Crippen LogP contribution in [0.25, 0.3) is 0 Å². The number of allylic oxidation sites excluding steroid dienone is 4. The van der Waals surface area contributed by atoms with Gasteiger partial charge in [-0.15, -0.1) is 0 Å². The predicted molar refractivity (Wildman–Crippen MR) is 87.2 cm³/mol. The summed E-state index contributed by atoms with van der Waals surface area (Å²) >= 11 is 0. The zero-order valence-electron chi connectivity index (χ0n) is 14.3. The monoisotopic (exact) mass is 300 g/mol. The van der Waals surface area contributed by atoms with Crippen molar-refractivity contribution in [2.45, 2.75) is 65.9 Å². The van der Waals surface area contributed by atoms with E-state index in [9.17, 15) is 4.79 Å². The second-order valence-corrected chi connectivity index (χ2v) is 8.62. The third-order valence-electron chi connectivity index (χ3n) is 7.81. The molecule has 0 unspecified atom stereocenters. The SMILES string of the molecule is CC1=CCC[C@]2(C)[C@H]3CC=C(C)[C@@H]4CC(=O)O[C@H](C[C@@H]12)[C@]34C. The van der Waals surface area contributed by atoms with Crippen molar-refractivity contribution in [3.8, 4) is 0 Å². The molecule has 0 N–H and O–H groups in total. The summed E-state index contributed by atoms with van der Waals surface area (Å²) in [5.41, 5.74) is 3.45. The van der Waals surface area contributed by atoms with Crippen molar-refractivity contribution < 1.29 is 9.53 Å². The van der Waals surface area contributed by atoms with E-state index < -0.39 is 0 Å². The molecule has 4 aliphatic rings. The molecule has 1 aliphatic heterocycles. The molecule has 0 radical (unpaired) electrons. The second-order valence-electron chi connectivity index (χ2n) is 8.62. The van der Waals surface area contributed by atoms with E-state index in [2.05, 4.69) is 39.8 Å². The van der Waals surface area contributed by atoms with Gasteiger partial charge in [0, 0.05) is 5.41 Å². The molecule has 1 saturated carbocycles. The van der Waals surface area contributed by atoms with Gasteiger partial charge in [-0.05, 0) is 62.7 Å². The lowest BCUT2D eigenvalue weighted by atomic mass is 9.41.